The number of hydrogen-bond acceptors (Lipinski definition) is 4. The Morgan fingerprint density at radius 3 is 2.88 bits per heavy atom. The molecule has 1 heterocycles. The first-order chi connectivity index (χ1) is 11.5. The zero-order valence-corrected chi connectivity index (χ0v) is 14.8. The minimum absolute atomic E-state index is 0.0984. The summed E-state index contributed by atoms with van der Waals surface area (Å²) in [4.78, 5) is 16.2. The third-order valence-corrected chi connectivity index (χ3v) is 4.05. The lowest BCUT2D eigenvalue weighted by Crippen LogP contribution is -2.21. The van der Waals surface area contributed by atoms with Gasteiger partial charge in [-0.2, -0.15) is 0 Å². The Labute approximate surface area is 147 Å². The summed E-state index contributed by atoms with van der Waals surface area (Å²) < 4.78 is 18.7. The Hall–Kier alpha value is -1.99. The van der Waals surface area contributed by atoms with Crippen LogP contribution in [0.3, 0.4) is 0 Å². The topological polar surface area (TPSA) is 74.8 Å². The van der Waals surface area contributed by atoms with Crippen LogP contribution in [0.1, 0.15) is 37.3 Å². The van der Waals surface area contributed by atoms with E-state index in [2.05, 4.69) is 20.9 Å². The Kier molecular flexibility index (Phi) is 6.69. The van der Waals surface area contributed by atoms with Crippen molar-refractivity contribution in [1.29, 1.82) is 0 Å². The van der Waals surface area contributed by atoms with Crippen LogP contribution in [0.4, 0.5) is 10.1 Å². The summed E-state index contributed by atoms with van der Waals surface area (Å²) in [5, 5.41) is 9.39. The van der Waals surface area contributed by atoms with E-state index in [-0.39, 0.29) is 22.5 Å². The van der Waals surface area contributed by atoms with Crippen LogP contribution in [0.2, 0.25) is 0 Å². The van der Waals surface area contributed by atoms with Gasteiger partial charge in [0, 0.05) is 18.4 Å². The van der Waals surface area contributed by atoms with Gasteiger partial charge < -0.3 is 4.42 Å². The van der Waals surface area contributed by atoms with Crippen LogP contribution in [-0.2, 0) is 11.2 Å². The van der Waals surface area contributed by atoms with Crippen LogP contribution in [0, 0.1) is 5.82 Å². The monoisotopic (exact) mass is 396 g/mol. The summed E-state index contributed by atoms with van der Waals surface area (Å²) in [5.74, 6) is -0.181. The van der Waals surface area contributed by atoms with Crippen molar-refractivity contribution in [2.75, 3.05) is 0 Å². The van der Waals surface area contributed by atoms with Gasteiger partial charge in [0.15, 0.2) is 5.84 Å². The number of nitrogens with zero attached hydrogens (tertiary/aromatic N) is 1. The van der Waals surface area contributed by atoms with E-state index in [1.807, 2.05) is 12.4 Å². The molecule has 1 aromatic heterocycles. The van der Waals surface area contributed by atoms with Crippen LogP contribution in [-0.4, -0.2) is 16.8 Å². The minimum Gasteiger partial charge on any atom is -0.472 e. The molecular formula is C17H18BrFN2O3. The highest BCUT2D eigenvalue weighted by atomic mass is 79.9. The minimum atomic E-state index is -0.405. The first-order valence-corrected chi connectivity index (χ1v) is 8.35. The second-order valence-corrected chi connectivity index (χ2v) is 6.15. The third-order valence-electron chi connectivity index (χ3n) is 3.44. The number of carbonyl (C=O) groups excluding carboxylic acids is 1. The number of nitrogens with one attached hydrogen (secondary N) is 1. The molecule has 2 aromatic rings. The maximum Gasteiger partial charge on any atom is 0.160 e. The van der Waals surface area contributed by atoms with Gasteiger partial charge in [-0.05, 0) is 40.5 Å². The number of rotatable bonds is 7. The fourth-order valence-corrected chi connectivity index (χ4v) is 2.54. The Morgan fingerprint density at radius 2 is 2.21 bits per heavy atom. The van der Waals surface area contributed by atoms with Gasteiger partial charge >= 0.3 is 0 Å². The molecule has 0 saturated carbocycles. The Morgan fingerprint density at radius 1 is 1.42 bits per heavy atom. The summed E-state index contributed by atoms with van der Waals surface area (Å²) in [6.07, 6.45) is 5.38. The van der Waals surface area contributed by atoms with Crippen molar-refractivity contribution in [1.82, 2.24) is 5.48 Å². The lowest BCUT2D eigenvalue weighted by molar-refractivity contribution is -0.118. The maximum atomic E-state index is 13.3. The summed E-state index contributed by atoms with van der Waals surface area (Å²) in [7, 11) is 0. The maximum absolute atomic E-state index is 13.3. The molecule has 1 aromatic carbocycles. The van der Waals surface area contributed by atoms with Crippen molar-refractivity contribution in [3.8, 4) is 0 Å². The average molecular weight is 397 g/mol. The number of unbranched alkanes of at least 4 members (excludes halogenated alkanes) is 1. The van der Waals surface area contributed by atoms with Gasteiger partial charge in [-0.15, -0.1) is 0 Å². The standard InChI is InChI=1S/C17H18BrFN2O3/c1-2-3-4-13(22)7-11-9-24-10-14(11)17(21-23)20-12-5-6-16(19)15(18)8-12/h5-6,8-10,23H,2-4,7H2,1H3,(H,20,21). The molecule has 0 saturated heterocycles. The molecule has 0 spiro atoms. The van der Waals surface area contributed by atoms with E-state index >= 15 is 0 Å². The van der Waals surface area contributed by atoms with Gasteiger partial charge in [-0.3, -0.25) is 15.5 Å². The van der Waals surface area contributed by atoms with Gasteiger partial charge in [-0.25, -0.2) is 9.38 Å². The number of ketones is 1. The fourth-order valence-electron chi connectivity index (χ4n) is 2.17. The number of hydrogen-bond donors (Lipinski definition) is 2. The molecule has 0 fully saturated rings. The predicted octanol–water partition coefficient (Wildman–Crippen LogP) is 4.54. The van der Waals surface area contributed by atoms with Gasteiger partial charge in [0.2, 0.25) is 0 Å². The summed E-state index contributed by atoms with van der Waals surface area (Å²) >= 11 is 3.09. The van der Waals surface area contributed by atoms with Crippen LogP contribution in [0.5, 0.6) is 0 Å². The zero-order chi connectivity index (χ0) is 17.5. The largest absolute Gasteiger partial charge is 0.472 e. The van der Waals surface area contributed by atoms with Crippen molar-refractivity contribution in [3.05, 3.63) is 52.1 Å². The molecule has 24 heavy (non-hydrogen) atoms. The van der Waals surface area contributed by atoms with Crippen molar-refractivity contribution >= 4 is 33.2 Å². The number of hydroxylamine groups is 1. The normalized spacial score (nSPS) is 11.6. The van der Waals surface area contributed by atoms with Gasteiger partial charge in [-0.1, -0.05) is 13.3 Å². The summed E-state index contributed by atoms with van der Waals surface area (Å²) in [6, 6.07) is 4.23. The highest BCUT2D eigenvalue weighted by Crippen LogP contribution is 2.23. The number of Topliss-reactive ketones (excluding diaryl/α,β-unsaturated/α-hetero) is 1. The van der Waals surface area contributed by atoms with E-state index in [9.17, 15) is 14.4 Å². The number of amidine groups is 1. The number of furan rings is 1. The lowest BCUT2D eigenvalue weighted by atomic mass is 10.0. The molecule has 0 aliphatic carbocycles. The Balaban J connectivity index is 2.24. The fraction of sp³-hybridized carbons (Fsp3) is 0.294. The van der Waals surface area contributed by atoms with Crippen molar-refractivity contribution in [2.24, 2.45) is 4.99 Å². The van der Waals surface area contributed by atoms with E-state index in [1.54, 1.807) is 0 Å². The van der Waals surface area contributed by atoms with Crippen LogP contribution in [0.25, 0.3) is 0 Å². The molecule has 0 bridgehead atoms. The van der Waals surface area contributed by atoms with E-state index in [0.717, 1.165) is 12.8 Å². The molecule has 0 amide bonds. The van der Waals surface area contributed by atoms with Crippen molar-refractivity contribution in [3.63, 3.8) is 0 Å². The van der Waals surface area contributed by atoms with Crippen LogP contribution >= 0.6 is 15.9 Å². The molecule has 2 rings (SSSR count). The van der Waals surface area contributed by atoms with Crippen LogP contribution in [0.15, 0.2) is 44.6 Å². The molecule has 0 atom stereocenters. The number of aliphatic imine (C=N–C) groups is 1. The smallest absolute Gasteiger partial charge is 0.160 e. The average Bonchev–Trinajstić information content (AvgIpc) is 3.01. The van der Waals surface area contributed by atoms with E-state index in [4.69, 9.17) is 4.42 Å². The van der Waals surface area contributed by atoms with Gasteiger partial charge in [0.25, 0.3) is 0 Å². The molecule has 0 aliphatic heterocycles. The van der Waals surface area contributed by atoms with Crippen LogP contribution < -0.4 is 5.48 Å². The van der Waals surface area contributed by atoms with Gasteiger partial charge in [0.1, 0.15) is 17.9 Å². The highest BCUT2D eigenvalue weighted by molar-refractivity contribution is 9.10. The zero-order valence-electron chi connectivity index (χ0n) is 13.2. The third kappa shape index (κ3) is 4.75. The second kappa shape index (κ2) is 8.75. The first-order valence-electron chi connectivity index (χ1n) is 7.56. The number of halogens is 2. The summed E-state index contributed by atoms with van der Waals surface area (Å²) in [5.41, 5.74) is 3.57. The lowest BCUT2D eigenvalue weighted by Gasteiger charge is -2.06. The van der Waals surface area contributed by atoms with E-state index in [1.165, 1.54) is 30.7 Å². The second-order valence-electron chi connectivity index (χ2n) is 5.30. The number of carbonyl (C=O) groups is 1. The SMILES string of the molecule is CCCCC(=O)Cc1cocc1C(=Nc1ccc(F)c(Br)c1)NO. The highest BCUT2D eigenvalue weighted by Gasteiger charge is 2.15. The Bertz CT molecular complexity index is 743. The molecule has 0 aliphatic rings. The predicted molar refractivity (Wildman–Crippen MR) is 92.2 cm³/mol. The molecule has 0 radical (unpaired) electrons. The molecule has 7 heteroatoms. The number of benzene rings is 1. The first kappa shape index (κ1) is 18.4. The summed E-state index contributed by atoms with van der Waals surface area (Å²) in [6.45, 7) is 2.03. The van der Waals surface area contributed by atoms with E-state index in [0.29, 0.717) is 23.2 Å². The quantitative estimate of drug-likeness (QED) is 0.409. The molecule has 128 valence electrons. The molecule has 2 N–H and O–H groups in total. The molecular weight excluding hydrogens is 379 g/mol. The molecule has 5 nitrogen and oxygen atoms in total. The molecule has 0 unspecified atom stereocenters. The van der Waals surface area contributed by atoms with Crippen molar-refractivity contribution < 1.29 is 18.8 Å². The van der Waals surface area contributed by atoms with Crippen molar-refractivity contribution in [2.45, 2.75) is 32.6 Å². The van der Waals surface area contributed by atoms with Gasteiger partial charge in [0.05, 0.1) is 22.0 Å². The van der Waals surface area contributed by atoms with E-state index < -0.39 is 5.82 Å².